The Morgan fingerprint density at radius 1 is 1.32 bits per heavy atom. The second-order valence-electron chi connectivity index (χ2n) is 5.13. The average molecular weight is 271 g/mol. The molecule has 5 N–H and O–H groups in total. The summed E-state index contributed by atoms with van der Waals surface area (Å²) in [6, 6.07) is 0. The molecule has 2 amide bonds. The largest absolute Gasteiger partial charge is 0.367 e. The number of rotatable bonds is 7. The number of primary amides is 1. The lowest BCUT2D eigenvalue weighted by Crippen LogP contribution is -2.47. The van der Waals surface area contributed by atoms with Gasteiger partial charge in [-0.1, -0.05) is 13.8 Å². The third kappa shape index (κ3) is 3.67. The minimum atomic E-state index is -0.515. The molecule has 1 aliphatic heterocycles. The third-order valence-corrected chi connectivity index (χ3v) is 4.14. The highest BCUT2D eigenvalue weighted by Gasteiger charge is 2.35. The van der Waals surface area contributed by atoms with E-state index in [4.69, 9.17) is 16.2 Å². The van der Waals surface area contributed by atoms with E-state index in [0.717, 1.165) is 6.42 Å². The van der Waals surface area contributed by atoms with Gasteiger partial charge in [0, 0.05) is 13.1 Å². The van der Waals surface area contributed by atoms with Gasteiger partial charge in [0.15, 0.2) is 0 Å². The molecule has 19 heavy (non-hydrogen) atoms. The normalized spacial score (nSPS) is 23.3. The topological polar surface area (TPSA) is 107 Å². The monoisotopic (exact) mass is 271 g/mol. The van der Waals surface area contributed by atoms with Crippen molar-refractivity contribution in [2.75, 3.05) is 13.1 Å². The van der Waals surface area contributed by atoms with Gasteiger partial charge in [-0.25, -0.2) is 0 Å². The van der Waals surface area contributed by atoms with Crippen LogP contribution in [0.5, 0.6) is 0 Å². The number of hydrogen-bond acceptors (Lipinski definition) is 4. The van der Waals surface area contributed by atoms with Crippen LogP contribution in [0, 0.1) is 5.41 Å². The van der Waals surface area contributed by atoms with Crippen molar-refractivity contribution in [3.8, 4) is 0 Å². The molecule has 0 bridgehead atoms. The second kappa shape index (κ2) is 6.86. The van der Waals surface area contributed by atoms with Crippen LogP contribution in [0.1, 0.15) is 39.5 Å². The molecule has 0 spiro atoms. The summed E-state index contributed by atoms with van der Waals surface area (Å²) >= 11 is 0. The molecular formula is C13H25N3O3. The molecule has 0 aliphatic carbocycles. The van der Waals surface area contributed by atoms with Gasteiger partial charge in [0.2, 0.25) is 11.8 Å². The number of hydrogen-bond donors (Lipinski definition) is 3. The molecule has 0 radical (unpaired) electrons. The van der Waals surface area contributed by atoms with Crippen molar-refractivity contribution in [3.63, 3.8) is 0 Å². The summed E-state index contributed by atoms with van der Waals surface area (Å²) < 4.78 is 5.47. The predicted octanol–water partition coefficient (Wildman–Crippen LogP) is -0.0994. The van der Waals surface area contributed by atoms with Gasteiger partial charge in [-0.3, -0.25) is 9.59 Å². The zero-order valence-corrected chi connectivity index (χ0v) is 11.8. The highest BCUT2D eigenvalue weighted by Crippen LogP contribution is 2.25. The van der Waals surface area contributed by atoms with Gasteiger partial charge in [0.25, 0.3) is 0 Å². The molecule has 6 nitrogen and oxygen atoms in total. The molecule has 110 valence electrons. The SMILES string of the molecule is CCC(CC)(CN)C(=O)NCC1CCC(C(N)=O)O1. The Labute approximate surface area is 114 Å². The number of carbonyl (C=O) groups is 2. The van der Waals surface area contributed by atoms with Gasteiger partial charge >= 0.3 is 0 Å². The van der Waals surface area contributed by atoms with E-state index in [1.807, 2.05) is 13.8 Å². The van der Waals surface area contributed by atoms with Crippen LogP contribution in [0.15, 0.2) is 0 Å². The Morgan fingerprint density at radius 2 is 1.95 bits per heavy atom. The highest BCUT2D eigenvalue weighted by atomic mass is 16.5. The molecule has 1 saturated heterocycles. The Bertz CT molecular complexity index is 321. The van der Waals surface area contributed by atoms with Crippen LogP contribution in [0.3, 0.4) is 0 Å². The van der Waals surface area contributed by atoms with Crippen molar-refractivity contribution in [1.29, 1.82) is 0 Å². The van der Waals surface area contributed by atoms with Crippen molar-refractivity contribution in [2.24, 2.45) is 16.9 Å². The molecule has 0 aromatic carbocycles. The van der Waals surface area contributed by atoms with Crippen molar-refractivity contribution < 1.29 is 14.3 Å². The Hall–Kier alpha value is -1.14. The fourth-order valence-electron chi connectivity index (χ4n) is 2.41. The molecule has 1 aliphatic rings. The van der Waals surface area contributed by atoms with Crippen LogP contribution in [-0.4, -0.2) is 37.1 Å². The van der Waals surface area contributed by atoms with Crippen molar-refractivity contribution in [1.82, 2.24) is 5.32 Å². The first kappa shape index (κ1) is 15.9. The molecule has 0 saturated carbocycles. The summed E-state index contributed by atoms with van der Waals surface area (Å²) in [5.74, 6) is -0.474. The van der Waals surface area contributed by atoms with Gasteiger partial charge in [-0.15, -0.1) is 0 Å². The van der Waals surface area contributed by atoms with Crippen LogP contribution in [0.2, 0.25) is 0 Å². The standard InChI is InChI=1S/C13H25N3O3/c1-3-13(4-2,8-14)12(18)16-7-9-5-6-10(19-9)11(15)17/h9-10H,3-8,14H2,1-2H3,(H2,15,17)(H,16,18). The maximum absolute atomic E-state index is 12.2. The van der Waals surface area contributed by atoms with Gasteiger partial charge < -0.3 is 21.5 Å². The average Bonchev–Trinajstić information content (AvgIpc) is 2.88. The lowest BCUT2D eigenvalue weighted by Gasteiger charge is -2.29. The molecule has 2 atom stereocenters. The van der Waals surface area contributed by atoms with E-state index in [1.54, 1.807) is 0 Å². The molecule has 0 aromatic heterocycles. The van der Waals surface area contributed by atoms with Gasteiger partial charge in [0.1, 0.15) is 6.10 Å². The first-order valence-electron chi connectivity index (χ1n) is 6.92. The van der Waals surface area contributed by atoms with E-state index in [-0.39, 0.29) is 12.0 Å². The highest BCUT2D eigenvalue weighted by molar-refractivity contribution is 5.83. The predicted molar refractivity (Wildman–Crippen MR) is 72.2 cm³/mol. The molecule has 1 fully saturated rings. The summed E-state index contributed by atoms with van der Waals surface area (Å²) in [5, 5.41) is 2.88. The molecule has 6 heteroatoms. The number of ether oxygens (including phenoxy) is 1. The fourth-order valence-corrected chi connectivity index (χ4v) is 2.41. The molecule has 0 aromatic rings. The number of carbonyl (C=O) groups excluding carboxylic acids is 2. The number of nitrogens with two attached hydrogens (primary N) is 2. The maximum atomic E-state index is 12.2. The lowest BCUT2D eigenvalue weighted by atomic mass is 9.81. The Morgan fingerprint density at radius 3 is 2.37 bits per heavy atom. The fraction of sp³-hybridized carbons (Fsp3) is 0.846. The third-order valence-electron chi connectivity index (χ3n) is 4.14. The van der Waals surface area contributed by atoms with Crippen LogP contribution >= 0.6 is 0 Å². The number of amides is 2. The summed E-state index contributed by atoms with van der Waals surface area (Å²) in [4.78, 5) is 23.2. The van der Waals surface area contributed by atoms with Crippen LogP contribution in [0.25, 0.3) is 0 Å². The Balaban J connectivity index is 2.45. The van der Waals surface area contributed by atoms with Crippen LogP contribution < -0.4 is 16.8 Å². The molecular weight excluding hydrogens is 246 g/mol. The maximum Gasteiger partial charge on any atom is 0.246 e. The number of nitrogens with one attached hydrogen (secondary N) is 1. The van der Waals surface area contributed by atoms with Crippen molar-refractivity contribution in [3.05, 3.63) is 0 Å². The van der Waals surface area contributed by atoms with E-state index in [2.05, 4.69) is 5.32 Å². The van der Waals surface area contributed by atoms with Crippen molar-refractivity contribution >= 4 is 11.8 Å². The second-order valence-corrected chi connectivity index (χ2v) is 5.13. The lowest BCUT2D eigenvalue weighted by molar-refractivity contribution is -0.132. The minimum Gasteiger partial charge on any atom is -0.367 e. The van der Waals surface area contributed by atoms with Gasteiger partial charge in [0.05, 0.1) is 11.5 Å². The summed E-state index contributed by atoms with van der Waals surface area (Å²) in [6.07, 6.45) is 2.13. The first-order valence-corrected chi connectivity index (χ1v) is 6.92. The van der Waals surface area contributed by atoms with Gasteiger partial charge in [-0.2, -0.15) is 0 Å². The van der Waals surface area contributed by atoms with E-state index in [0.29, 0.717) is 32.4 Å². The molecule has 1 heterocycles. The van der Waals surface area contributed by atoms with E-state index >= 15 is 0 Å². The van der Waals surface area contributed by atoms with Crippen LogP contribution in [-0.2, 0) is 14.3 Å². The molecule has 2 unspecified atom stereocenters. The quantitative estimate of drug-likeness (QED) is 0.601. The molecule has 1 rings (SSSR count). The van der Waals surface area contributed by atoms with E-state index < -0.39 is 17.4 Å². The summed E-state index contributed by atoms with van der Waals surface area (Å²) in [6.45, 7) is 4.67. The van der Waals surface area contributed by atoms with Crippen LogP contribution in [0.4, 0.5) is 0 Å². The zero-order valence-electron chi connectivity index (χ0n) is 11.8. The summed E-state index contributed by atoms with van der Waals surface area (Å²) in [7, 11) is 0. The zero-order chi connectivity index (χ0) is 14.5. The first-order chi connectivity index (χ1) is 8.99. The van der Waals surface area contributed by atoms with Crippen molar-refractivity contribution in [2.45, 2.75) is 51.7 Å². The Kier molecular flexibility index (Phi) is 5.75. The smallest absolute Gasteiger partial charge is 0.246 e. The van der Waals surface area contributed by atoms with E-state index in [9.17, 15) is 9.59 Å². The van der Waals surface area contributed by atoms with E-state index in [1.165, 1.54) is 0 Å². The van der Waals surface area contributed by atoms with Gasteiger partial charge in [-0.05, 0) is 25.7 Å². The summed E-state index contributed by atoms with van der Waals surface area (Å²) in [5.41, 5.74) is 10.4. The minimum absolute atomic E-state index is 0.0360.